The van der Waals surface area contributed by atoms with E-state index in [1.165, 1.54) is 0 Å². The van der Waals surface area contributed by atoms with Crippen LogP contribution in [0.3, 0.4) is 0 Å². The van der Waals surface area contributed by atoms with E-state index >= 15 is 0 Å². The van der Waals surface area contributed by atoms with Gasteiger partial charge in [-0.15, -0.1) is 0 Å². The molecule has 2 rings (SSSR count). The Balaban J connectivity index is 2.28. The third kappa shape index (κ3) is 0.888. The number of hydrogen-bond donors (Lipinski definition) is 0. The molecular formula is C7H8O3S. The normalized spacial score (nSPS) is 42.5. The van der Waals surface area contributed by atoms with Crippen molar-refractivity contribution < 1.29 is 14.3 Å². The molecule has 2 saturated heterocycles. The van der Waals surface area contributed by atoms with Crippen molar-refractivity contribution in [1.29, 1.82) is 0 Å². The highest BCUT2D eigenvalue weighted by Crippen LogP contribution is 2.41. The maximum absolute atomic E-state index is 11.0. The second kappa shape index (κ2) is 2.24. The quantitative estimate of drug-likeness (QED) is 0.393. The fourth-order valence-corrected chi connectivity index (χ4v) is 2.97. The largest absolute Gasteiger partial charge is 0.393 e. The Morgan fingerprint density at radius 3 is 2.82 bits per heavy atom. The van der Waals surface area contributed by atoms with Gasteiger partial charge in [-0.2, -0.15) is 11.8 Å². The SMILES string of the molecule is CC1SCC2C(=O)OC(=O)C12. The topological polar surface area (TPSA) is 43.4 Å². The van der Waals surface area contributed by atoms with Gasteiger partial charge in [-0.25, -0.2) is 0 Å². The molecule has 3 atom stereocenters. The van der Waals surface area contributed by atoms with Crippen LogP contribution in [0.15, 0.2) is 0 Å². The van der Waals surface area contributed by atoms with Crippen LogP contribution in [-0.4, -0.2) is 22.9 Å². The highest BCUT2D eigenvalue weighted by atomic mass is 32.2. The van der Waals surface area contributed by atoms with Gasteiger partial charge in [0.15, 0.2) is 0 Å². The zero-order valence-electron chi connectivity index (χ0n) is 6.07. The summed E-state index contributed by atoms with van der Waals surface area (Å²) >= 11 is 1.68. The highest BCUT2D eigenvalue weighted by molar-refractivity contribution is 8.00. The number of carbonyl (C=O) groups is 2. The molecule has 2 fully saturated rings. The molecule has 0 aliphatic carbocycles. The van der Waals surface area contributed by atoms with Crippen molar-refractivity contribution in [2.45, 2.75) is 12.2 Å². The molecule has 2 heterocycles. The number of fused-ring (bicyclic) bond motifs is 1. The predicted molar refractivity (Wildman–Crippen MR) is 40.0 cm³/mol. The van der Waals surface area contributed by atoms with E-state index in [1.807, 2.05) is 6.92 Å². The Morgan fingerprint density at radius 1 is 1.45 bits per heavy atom. The molecular weight excluding hydrogens is 164 g/mol. The Bertz CT molecular complexity index is 226. The molecule has 2 aliphatic rings. The van der Waals surface area contributed by atoms with Gasteiger partial charge in [-0.3, -0.25) is 9.59 Å². The molecule has 3 unspecified atom stereocenters. The lowest BCUT2D eigenvalue weighted by Gasteiger charge is -2.04. The number of ether oxygens (including phenoxy) is 1. The maximum atomic E-state index is 11.0. The van der Waals surface area contributed by atoms with Crippen molar-refractivity contribution in [3.05, 3.63) is 0 Å². The first-order valence-electron chi connectivity index (χ1n) is 3.57. The van der Waals surface area contributed by atoms with Gasteiger partial charge in [0.25, 0.3) is 0 Å². The average Bonchev–Trinajstić information content (AvgIpc) is 2.41. The zero-order valence-corrected chi connectivity index (χ0v) is 6.89. The summed E-state index contributed by atoms with van der Waals surface area (Å²) in [6.07, 6.45) is 0. The van der Waals surface area contributed by atoms with Gasteiger partial charge in [-0.1, -0.05) is 6.92 Å². The van der Waals surface area contributed by atoms with E-state index in [9.17, 15) is 9.59 Å². The minimum Gasteiger partial charge on any atom is -0.393 e. The van der Waals surface area contributed by atoms with Gasteiger partial charge in [-0.05, 0) is 0 Å². The predicted octanol–water partition coefficient (Wildman–Crippen LogP) is 0.437. The van der Waals surface area contributed by atoms with Crippen LogP contribution in [0.25, 0.3) is 0 Å². The Morgan fingerprint density at radius 2 is 2.18 bits per heavy atom. The minimum absolute atomic E-state index is 0.150. The first kappa shape index (κ1) is 7.16. The van der Waals surface area contributed by atoms with Crippen molar-refractivity contribution >= 4 is 23.7 Å². The van der Waals surface area contributed by atoms with E-state index < -0.39 is 0 Å². The molecule has 0 aromatic carbocycles. The van der Waals surface area contributed by atoms with E-state index in [-0.39, 0.29) is 29.0 Å². The fourth-order valence-electron chi connectivity index (χ4n) is 1.60. The Hall–Kier alpha value is -0.510. The Kier molecular flexibility index (Phi) is 1.45. The minimum atomic E-state index is -0.322. The highest BCUT2D eigenvalue weighted by Gasteiger charge is 2.51. The number of hydrogen-bond acceptors (Lipinski definition) is 4. The zero-order chi connectivity index (χ0) is 8.01. The van der Waals surface area contributed by atoms with Crippen LogP contribution in [0.2, 0.25) is 0 Å². The van der Waals surface area contributed by atoms with Gasteiger partial charge in [0, 0.05) is 11.0 Å². The van der Waals surface area contributed by atoms with Crippen LogP contribution in [-0.2, 0) is 14.3 Å². The van der Waals surface area contributed by atoms with E-state index in [0.29, 0.717) is 0 Å². The summed E-state index contributed by atoms with van der Waals surface area (Å²) in [5.41, 5.74) is 0. The smallest absolute Gasteiger partial charge is 0.318 e. The standard InChI is InChI=1S/C7H8O3S/c1-3-5-4(2-11-3)6(8)10-7(5)9/h3-5H,2H2,1H3. The van der Waals surface area contributed by atoms with Gasteiger partial charge < -0.3 is 4.74 Å². The summed E-state index contributed by atoms with van der Waals surface area (Å²) in [4.78, 5) is 22.0. The van der Waals surface area contributed by atoms with Crippen LogP contribution in [0.4, 0.5) is 0 Å². The van der Waals surface area contributed by atoms with E-state index in [4.69, 9.17) is 0 Å². The molecule has 0 spiro atoms. The van der Waals surface area contributed by atoms with Crippen molar-refractivity contribution in [3.8, 4) is 0 Å². The van der Waals surface area contributed by atoms with Gasteiger partial charge in [0.1, 0.15) is 0 Å². The van der Waals surface area contributed by atoms with Crippen molar-refractivity contribution in [2.75, 3.05) is 5.75 Å². The molecule has 0 N–H and O–H groups in total. The van der Waals surface area contributed by atoms with Crippen LogP contribution < -0.4 is 0 Å². The lowest BCUT2D eigenvalue weighted by molar-refractivity contribution is -0.153. The second-order valence-electron chi connectivity index (χ2n) is 2.91. The second-order valence-corrected chi connectivity index (χ2v) is 4.32. The Labute approximate surface area is 68.5 Å². The number of carbonyl (C=O) groups excluding carboxylic acids is 2. The van der Waals surface area contributed by atoms with Crippen LogP contribution >= 0.6 is 11.8 Å². The lowest BCUT2D eigenvalue weighted by atomic mass is 9.95. The van der Waals surface area contributed by atoms with Crippen molar-refractivity contribution in [1.82, 2.24) is 0 Å². The summed E-state index contributed by atoms with van der Waals surface area (Å²) in [6, 6.07) is 0. The third-order valence-electron chi connectivity index (χ3n) is 2.25. The van der Waals surface area contributed by atoms with E-state index in [0.717, 1.165) is 5.75 Å². The third-order valence-corrected chi connectivity index (χ3v) is 3.62. The lowest BCUT2D eigenvalue weighted by Crippen LogP contribution is -2.19. The number of cyclic esters (lactones) is 2. The van der Waals surface area contributed by atoms with Crippen molar-refractivity contribution in [2.24, 2.45) is 11.8 Å². The number of esters is 2. The van der Waals surface area contributed by atoms with Crippen molar-refractivity contribution in [3.63, 3.8) is 0 Å². The summed E-state index contributed by atoms with van der Waals surface area (Å²) in [5.74, 6) is -0.208. The summed E-state index contributed by atoms with van der Waals surface area (Å²) in [7, 11) is 0. The molecule has 0 bridgehead atoms. The summed E-state index contributed by atoms with van der Waals surface area (Å²) in [6.45, 7) is 1.97. The first-order valence-corrected chi connectivity index (χ1v) is 4.62. The van der Waals surface area contributed by atoms with E-state index in [1.54, 1.807) is 11.8 Å². The molecule has 0 saturated carbocycles. The molecule has 2 aliphatic heterocycles. The summed E-state index contributed by atoms with van der Waals surface area (Å²) in [5, 5.41) is 0.249. The number of thioether (sulfide) groups is 1. The van der Waals surface area contributed by atoms with Crippen LogP contribution in [0.1, 0.15) is 6.92 Å². The number of rotatable bonds is 0. The average molecular weight is 172 g/mol. The first-order chi connectivity index (χ1) is 5.20. The molecule has 0 amide bonds. The van der Waals surface area contributed by atoms with Crippen LogP contribution in [0.5, 0.6) is 0 Å². The molecule has 0 aromatic heterocycles. The molecule has 60 valence electrons. The van der Waals surface area contributed by atoms with E-state index in [2.05, 4.69) is 4.74 Å². The molecule has 0 aromatic rings. The summed E-state index contributed by atoms with van der Waals surface area (Å²) < 4.78 is 4.51. The van der Waals surface area contributed by atoms with Crippen LogP contribution in [0, 0.1) is 11.8 Å². The van der Waals surface area contributed by atoms with Gasteiger partial charge in [0.05, 0.1) is 11.8 Å². The van der Waals surface area contributed by atoms with Gasteiger partial charge in [0.2, 0.25) is 0 Å². The molecule has 0 radical (unpaired) electrons. The molecule has 4 heteroatoms. The fraction of sp³-hybridized carbons (Fsp3) is 0.714. The molecule has 3 nitrogen and oxygen atoms in total. The molecule has 11 heavy (non-hydrogen) atoms. The van der Waals surface area contributed by atoms with Gasteiger partial charge >= 0.3 is 11.9 Å². The maximum Gasteiger partial charge on any atom is 0.318 e. The monoisotopic (exact) mass is 172 g/mol.